The van der Waals surface area contributed by atoms with Gasteiger partial charge in [0.05, 0.1) is 54.7 Å². The summed E-state index contributed by atoms with van der Waals surface area (Å²) in [7, 11) is -8.60. The monoisotopic (exact) mass is 1420 g/mol. The molecule has 8 heterocycles. The Kier molecular flexibility index (Phi) is 21.8. The first-order chi connectivity index (χ1) is 45.7. The van der Waals surface area contributed by atoms with E-state index < -0.39 is 141 Å². The largest absolute Gasteiger partial charge is 0.510 e. The van der Waals surface area contributed by atoms with Crippen LogP contribution < -0.4 is 9.80 Å². The van der Waals surface area contributed by atoms with Crippen molar-refractivity contribution >= 4 is 90.6 Å². The van der Waals surface area contributed by atoms with Crippen LogP contribution in [0, 0.1) is 0 Å². The lowest BCUT2D eigenvalue weighted by molar-refractivity contribution is -0.0692. The van der Waals surface area contributed by atoms with Gasteiger partial charge in [0.2, 0.25) is 30.9 Å². The van der Waals surface area contributed by atoms with Crippen molar-refractivity contribution in [3.05, 3.63) is 93.7 Å². The van der Waals surface area contributed by atoms with Crippen molar-refractivity contribution in [2.24, 2.45) is 0 Å². The number of hydrogen-bond donors (Lipinski definition) is 5. The molecule has 9 atom stereocenters. The van der Waals surface area contributed by atoms with Gasteiger partial charge in [-0.05, 0) is 113 Å². The highest BCUT2D eigenvalue weighted by Crippen LogP contribution is 2.51. The highest BCUT2D eigenvalue weighted by Gasteiger charge is 2.52. The van der Waals surface area contributed by atoms with E-state index in [9.17, 15) is 48.8 Å². The van der Waals surface area contributed by atoms with Crippen LogP contribution in [-0.4, -0.2) is 211 Å². The number of aliphatic hydroxyl groups is 4. The number of nitrogens with zero attached hydrogens (tertiary/aromatic N) is 10. The normalized spacial score (nSPS) is 23.6. The third kappa shape index (κ3) is 15.7. The summed E-state index contributed by atoms with van der Waals surface area (Å²) in [6.07, 6.45) is -9.24. The maximum absolute atomic E-state index is 13.4. The minimum Gasteiger partial charge on any atom is -0.432 e. The van der Waals surface area contributed by atoms with Crippen molar-refractivity contribution in [1.29, 1.82) is 0 Å². The Morgan fingerprint density at radius 3 is 1.36 bits per heavy atom. The number of carbonyl (C=O) groups is 3. The molecule has 0 radical (unpaired) electrons. The summed E-state index contributed by atoms with van der Waals surface area (Å²) >= 11 is 12.7. The number of carbonyl (C=O) groups excluding carboxylic acids is 3. The van der Waals surface area contributed by atoms with E-state index >= 15 is 0 Å². The first-order valence-corrected chi connectivity index (χ1v) is 35.0. The average molecular weight is 1420 g/mol. The van der Waals surface area contributed by atoms with Crippen molar-refractivity contribution in [2.75, 3.05) is 82.3 Å². The standard InChI is InChI=1S/C32H41ClN5O13P.C27H33ClN5O10P/c1-18(2)49-30(41)45-15-47-52(43,48-16-46-31(42)50-19(3)4)17-44-12-23-24(39)25(40)28(51-23)38-27-21(11-34-38)26(35-29(33)36-27)37-13-32(14-37)10-9-20-7-5-6-8-22(20)32;1-15(2)42-26(36)40-13-41-44(37,38)14-39-10-19-20(34)21(35)24(43-19)33-23-17(9-29-33)22(30-25(28)31-23)32-11-27(12-32)8-7-16-5-3-4-6-18(16)27/h5-8,11,18-19,23-25,28,39-40H,9-10,12-17H2,1-4H3;3-6,9,15,19-21,24,34-35H,7-8,10-14H2,1-2H3,(H,37,38)/t23-,24-,25-,28-;19-,20-,21-,24-/m11/s1. The maximum Gasteiger partial charge on any atom is 0.510 e. The van der Waals surface area contributed by atoms with E-state index in [0.29, 0.717) is 33.7 Å². The van der Waals surface area contributed by atoms with Crippen LogP contribution in [0.25, 0.3) is 22.1 Å². The third-order valence-corrected chi connectivity index (χ3v) is 19.7. The minimum absolute atomic E-state index is 0.00455. The highest BCUT2D eigenvalue weighted by molar-refractivity contribution is 7.53. The topological polar surface area (TPSA) is 400 Å². The van der Waals surface area contributed by atoms with Crippen molar-refractivity contribution in [3.63, 3.8) is 0 Å². The summed E-state index contributed by atoms with van der Waals surface area (Å²) < 4.78 is 94.3. The predicted molar refractivity (Wildman–Crippen MR) is 335 cm³/mol. The Balaban J connectivity index is 0.000000198. The summed E-state index contributed by atoms with van der Waals surface area (Å²) in [4.78, 5) is 66.7. The molecule has 6 aromatic rings. The molecule has 4 aromatic heterocycles. The predicted octanol–water partition coefficient (Wildman–Crippen LogP) is 6.54. The number of benzene rings is 2. The zero-order valence-corrected chi connectivity index (χ0v) is 56.2. The number of hydrogen-bond acceptors (Lipinski definition) is 30. The fourth-order valence-corrected chi connectivity index (χ4v) is 14.4. The smallest absolute Gasteiger partial charge is 0.432 e. The summed E-state index contributed by atoms with van der Waals surface area (Å²) in [6.45, 7) is 9.37. The molecule has 12 rings (SSSR count). The Hall–Kier alpha value is -6.49. The van der Waals surface area contributed by atoms with Gasteiger partial charge in [0.25, 0.3) is 0 Å². The van der Waals surface area contributed by atoms with Gasteiger partial charge >= 0.3 is 33.7 Å². The molecule has 4 fully saturated rings. The molecule has 96 heavy (non-hydrogen) atoms. The van der Waals surface area contributed by atoms with Gasteiger partial charge in [-0.15, -0.1) is 0 Å². The molecule has 0 saturated carbocycles. The quantitative estimate of drug-likeness (QED) is 0.0141. The molecule has 4 aliphatic heterocycles. The number of fused-ring (bicyclic) bond motifs is 6. The molecule has 33 nitrogen and oxygen atoms in total. The lowest BCUT2D eigenvalue weighted by Crippen LogP contribution is -2.58. The number of aromatic nitrogens is 8. The van der Waals surface area contributed by atoms with Gasteiger partial charge in [0.1, 0.15) is 61.0 Å². The first kappa shape index (κ1) is 70.8. The number of aliphatic hydroxyl groups excluding tert-OH is 4. The van der Waals surface area contributed by atoms with Crippen molar-refractivity contribution in [3.8, 4) is 0 Å². The zero-order chi connectivity index (χ0) is 68.4. The highest BCUT2D eigenvalue weighted by atomic mass is 35.5. The van der Waals surface area contributed by atoms with Crippen LogP contribution in [0.15, 0.2) is 60.9 Å². The van der Waals surface area contributed by atoms with Gasteiger partial charge in [-0.2, -0.15) is 30.1 Å². The Morgan fingerprint density at radius 1 is 0.573 bits per heavy atom. The van der Waals surface area contributed by atoms with E-state index in [1.165, 1.54) is 31.6 Å². The molecular formula is C59H74Cl2N10O23P2. The van der Waals surface area contributed by atoms with Crippen molar-refractivity contribution in [1.82, 2.24) is 39.5 Å². The number of rotatable bonds is 24. The van der Waals surface area contributed by atoms with Gasteiger partial charge in [-0.1, -0.05) is 48.5 Å². The van der Waals surface area contributed by atoms with E-state index in [2.05, 4.69) is 93.2 Å². The van der Waals surface area contributed by atoms with Crippen LogP contribution in [0.5, 0.6) is 0 Å². The third-order valence-electron chi connectivity index (χ3n) is 16.8. The number of ether oxygens (including phenoxy) is 10. The van der Waals surface area contributed by atoms with Crippen LogP contribution >= 0.6 is 38.4 Å². The number of anilines is 2. The Morgan fingerprint density at radius 2 is 0.958 bits per heavy atom. The molecule has 0 bridgehead atoms. The fourth-order valence-electron chi connectivity index (χ4n) is 12.5. The van der Waals surface area contributed by atoms with Crippen LogP contribution in [-0.2, 0) is 93.7 Å². The van der Waals surface area contributed by atoms with E-state index in [1.54, 1.807) is 53.9 Å². The second-order valence-corrected chi connectivity index (χ2v) is 29.1. The molecule has 522 valence electrons. The molecule has 0 amide bonds. The molecule has 1 unspecified atom stereocenters. The van der Waals surface area contributed by atoms with Crippen LogP contribution in [0.4, 0.5) is 26.0 Å². The molecule has 2 spiro atoms. The van der Waals surface area contributed by atoms with E-state index in [-0.39, 0.29) is 28.0 Å². The molecular weight excluding hydrogens is 1350 g/mol. The van der Waals surface area contributed by atoms with Gasteiger partial charge in [0, 0.05) is 37.0 Å². The molecule has 6 aliphatic rings. The second-order valence-electron chi connectivity index (χ2n) is 24.6. The first-order valence-electron chi connectivity index (χ1n) is 30.8. The van der Waals surface area contributed by atoms with E-state index in [4.69, 9.17) is 79.4 Å². The summed E-state index contributed by atoms with van der Waals surface area (Å²) in [5.41, 5.74) is 6.18. The van der Waals surface area contributed by atoms with Gasteiger partial charge in [-0.25, -0.2) is 23.7 Å². The lowest BCUT2D eigenvalue weighted by Gasteiger charge is -2.49. The molecule has 5 N–H and O–H groups in total. The van der Waals surface area contributed by atoms with Gasteiger partial charge in [0.15, 0.2) is 23.8 Å². The maximum atomic E-state index is 13.4. The van der Waals surface area contributed by atoms with Crippen molar-refractivity contribution < 1.29 is 110 Å². The Labute approximate surface area is 559 Å². The summed E-state index contributed by atoms with van der Waals surface area (Å²) in [5.74, 6) is 1.22. The Bertz CT molecular complexity index is 3840. The van der Waals surface area contributed by atoms with Crippen LogP contribution in [0.2, 0.25) is 10.6 Å². The minimum atomic E-state index is -4.33. The number of aryl methyl sites for hydroxylation is 2. The van der Waals surface area contributed by atoms with E-state index in [0.717, 1.165) is 51.9 Å². The molecule has 37 heteroatoms. The fraction of sp³-hybridized carbons (Fsp3) is 0.576. The van der Waals surface area contributed by atoms with Crippen LogP contribution in [0.3, 0.4) is 0 Å². The summed E-state index contributed by atoms with van der Waals surface area (Å²) in [6, 6.07) is 17.0. The molecule has 4 saturated heterocycles. The van der Waals surface area contributed by atoms with Gasteiger partial charge < -0.3 is 82.5 Å². The SMILES string of the molecule is CC(C)OC(=O)OCOP(=O)(COC[C@H]1O[C@@H](n2ncc3c(N4CC5(CCc6ccccc65)C4)nc(Cl)nc32)[C@H](O)[C@@H]1O)OCOC(=O)OC(C)C.CC(C)OC(=O)OCOP(=O)(O)COC[C@H]1O[C@@H](n2ncc3c(N4CC5(CCc6ccccc65)C4)nc(Cl)nc32)[C@H](O)[C@@H]1O. The van der Waals surface area contributed by atoms with E-state index in [1.807, 2.05) is 0 Å². The lowest BCUT2D eigenvalue weighted by atomic mass is 9.75. The second kappa shape index (κ2) is 29.5. The average Bonchev–Trinajstić information content (AvgIpc) is 1.51. The van der Waals surface area contributed by atoms with Gasteiger partial charge in [-0.3, -0.25) is 22.7 Å². The van der Waals surface area contributed by atoms with Crippen LogP contribution in [0.1, 0.15) is 89.1 Å². The molecule has 2 aliphatic carbocycles. The number of halogens is 2. The molecule has 2 aromatic carbocycles. The van der Waals surface area contributed by atoms with Crippen molar-refractivity contribution in [2.45, 2.75) is 145 Å². The summed E-state index contributed by atoms with van der Waals surface area (Å²) in [5, 5.41) is 53.3. The zero-order valence-electron chi connectivity index (χ0n) is 52.9.